The van der Waals surface area contributed by atoms with Crippen molar-refractivity contribution in [2.45, 2.75) is 29.9 Å². The third-order valence-electron chi connectivity index (χ3n) is 2.82. The number of benzene rings is 1. The molecule has 112 valence electrons. The van der Waals surface area contributed by atoms with Crippen LogP contribution in [0.2, 0.25) is 0 Å². The van der Waals surface area contributed by atoms with Crippen molar-refractivity contribution in [3.8, 4) is 0 Å². The first-order valence-corrected chi connectivity index (χ1v) is 6.92. The van der Waals surface area contributed by atoms with Gasteiger partial charge in [0.1, 0.15) is 10.8 Å². The van der Waals surface area contributed by atoms with E-state index in [0.717, 1.165) is 28.2 Å². The van der Waals surface area contributed by atoms with Crippen LogP contribution in [0.15, 0.2) is 40.3 Å². The molecular weight excluding hydrogens is 299 g/mol. The second kappa shape index (κ2) is 5.95. The van der Waals surface area contributed by atoms with Gasteiger partial charge in [-0.05, 0) is 37.6 Å². The van der Waals surface area contributed by atoms with Crippen LogP contribution >= 0.6 is 11.8 Å². The molecule has 0 amide bonds. The van der Waals surface area contributed by atoms with Gasteiger partial charge in [0.2, 0.25) is 0 Å². The van der Waals surface area contributed by atoms with E-state index in [1.165, 1.54) is 11.8 Å². The Morgan fingerprint density at radius 3 is 2.43 bits per heavy atom. The van der Waals surface area contributed by atoms with Gasteiger partial charge < -0.3 is 5.43 Å². The average molecular weight is 313 g/mol. The summed E-state index contributed by atoms with van der Waals surface area (Å²) in [6.45, 7) is 3.87. The lowest BCUT2D eigenvalue weighted by Crippen LogP contribution is -2.12. The minimum atomic E-state index is -4.44. The van der Waals surface area contributed by atoms with Crippen molar-refractivity contribution in [3.63, 3.8) is 0 Å². The highest BCUT2D eigenvalue weighted by Gasteiger charge is 2.31. The Balaban J connectivity index is 2.39. The Bertz CT molecular complexity index is 656. The van der Waals surface area contributed by atoms with E-state index in [9.17, 15) is 13.2 Å². The molecule has 0 bridgehead atoms. The first kappa shape index (κ1) is 15.7. The number of hydrogen-bond acceptors (Lipinski definition) is 4. The normalized spacial score (nSPS) is 11.5. The van der Waals surface area contributed by atoms with Crippen molar-refractivity contribution in [2.24, 2.45) is 5.84 Å². The van der Waals surface area contributed by atoms with Gasteiger partial charge in [0.05, 0.1) is 5.56 Å². The fourth-order valence-corrected chi connectivity index (χ4v) is 2.73. The fourth-order valence-electron chi connectivity index (χ4n) is 1.82. The van der Waals surface area contributed by atoms with Crippen molar-refractivity contribution in [1.82, 2.24) is 4.98 Å². The number of anilines is 1. The molecule has 0 aliphatic rings. The first-order chi connectivity index (χ1) is 9.79. The number of halogens is 3. The van der Waals surface area contributed by atoms with Gasteiger partial charge in [0.25, 0.3) is 0 Å². The molecule has 3 nitrogen and oxygen atoms in total. The first-order valence-electron chi connectivity index (χ1n) is 6.10. The Morgan fingerprint density at radius 1 is 1.14 bits per heavy atom. The number of rotatable bonds is 3. The predicted molar refractivity (Wildman–Crippen MR) is 77.1 cm³/mol. The predicted octanol–water partition coefficient (Wildman–Crippen LogP) is 4.15. The lowest BCUT2D eigenvalue weighted by molar-refractivity contribution is -0.137. The number of alkyl halides is 3. The summed E-state index contributed by atoms with van der Waals surface area (Å²) in [5.74, 6) is 5.17. The van der Waals surface area contributed by atoms with E-state index in [-0.39, 0.29) is 10.8 Å². The van der Waals surface area contributed by atoms with Crippen molar-refractivity contribution in [3.05, 3.63) is 47.0 Å². The molecule has 1 aromatic carbocycles. The molecule has 0 unspecified atom stereocenters. The van der Waals surface area contributed by atoms with Crippen LogP contribution in [0.3, 0.4) is 0 Å². The summed E-state index contributed by atoms with van der Waals surface area (Å²) in [6, 6.07) is 7.65. The molecule has 3 N–H and O–H groups in total. The van der Waals surface area contributed by atoms with Crippen LogP contribution in [-0.4, -0.2) is 4.98 Å². The Hall–Kier alpha value is -1.73. The SMILES string of the molecule is Cc1ccc(Sc2cc(C(F)(F)F)cc(NN)n2)c(C)c1. The highest BCUT2D eigenvalue weighted by molar-refractivity contribution is 7.99. The molecule has 0 saturated heterocycles. The molecule has 0 spiro atoms. The number of hydrogen-bond donors (Lipinski definition) is 2. The van der Waals surface area contributed by atoms with Crippen LogP contribution in [0.5, 0.6) is 0 Å². The molecule has 0 atom stereocenters. The zero-order chi connectivity index (χ0) is 15.6. The fraction of sp³-hybridized carbons (Fsp3) is 0.214. The van der Waals surface area contributed by atoms with Crippen molar-refractivity contribution in [2.75, 3.05) is 5.43 Å². The molecule has 2 rings (SSSR count). The largest absolute Gasteiger partial charge is 0.416 e. The van der Waals surface area contributed by atoms with Gasteiger partial charge in [-0.2, -0.15) is 13.2 Å². The van der Waals surface area contributed by atoms with Gasteiger partial charge in [0, 0.05) is 4.90 Å². The van der Waals surface area contributed by atoms with Crippen LogP contribution in [0, 0.1) is 13.8 Å². The Kier molecular flexibility index (Phi) is 4.43. The highest BCUT2D eigenvalue weighted by atomic mass is 32.2. The van der Waals surface area contributed by atoms with Crippen LogP contribution < -0.4 is 11.3 Å². The number of aromatic nitrogens is 1. The van der Waals surface area contributed by atoms with Gasteiger partial charge in [-0.3, -0.25) is 0 Å². The molecule has 0 aliphatic carbocycles. The van der Waals surface area contributed by atoms with Gasteiger partial charge in [0.15, 0.2) is 0 Å². The summed E-state index contributed by atoms with van der Waals surface area (Å²) < 4.78 is 38.5. The topological polar surface area (TPSA) is 50.9 Å². The molecule has 1 aromatic heterocycles. The second-order valence-electron chi connectivity index (χ2n) is 4.59. The molecule has 0 saturated carbocycles. The standard InChI is InChI=1S/C14H14F3N3S/c1-8-3-4-11(9(2)5-8)21-13-7-10(14(15,16)17)6-12(19-13)20-18/h3-7H,18H2,1-2H3,(H,19,20). The van der Waals surface area contributed by atoms with Gasteiger partial charge in [-0.1, -0.05) is 29.5 Å². The average Bonchev–Trinajstić information content (AvgIpc) is 2.40. The molecule has 0 fully saturated rings. The van der Waals surface area contributed by atoms with E-state index in [4.69, 9.17) is 5.84 Å². The van der Waals surface area contributed by atoms with E-state index in [1.54, 1.807) is 0 Å². The quantitative estimate of drug-likeness (QED) is 0.660. The smallest absolute Gasteiger partial charge is 0.308 e. The van der Waals surface area contributed by atoms with Crippen molar-refractivity contribution >= 4 is 17.6 Å². The van der Waals surface area contributed by atoms with Crippen LogP contribution in [-0.2, 0) is 6.18 Å². The van der Waals surface area contributed by atoms with Crippen LogP contribution in [0.4, 0.5) is 19.0 Å². The summed E-state index contributed by atoms with van der Waals surface area (Å²) in [5.41, 5.74) is 3.47. The number of pyridine rings is 1. The zero-order valence-electron chi connectivity index (χ0n) is 11.5. The summed E-state index contributed by atoms with van der Waals surface area (Å²) in [7, 11) is 0. The maximum atomic E-state index is 12.8. The number of nitrogens with zero attached hydrogens (tertiary/aromatic N) is 1. The zero-order valence-corrected chi connectivity index (χ0v) is 12.3. The van der Waals surface area contributed by atoms with E-state index in [0.29, 0.717) is 0 Å². The maximum Gasteiger partial charge on any atom is 0.416 e. The van der Waals surface area contributed by atoms with E-state index >= 15 is 0 Å². The van der Waals surface area contributed by atoms with Crippen LogP contribution in [0.25, 0.3) is 0 Å². The molecule has 21 heavy (non-hydrogen) atoms. The van der Waals surface area contributed by atoms with Gasteiger partial charge in [-0.25, -0.2) is 10.8 Å². The Morgan fingerprint density at radius 2 is 1.86 bits per heavy atom. The second-order valence-corrected chi connectivity index (χ2v) is 5.65. The molecular formula is C14H14F3N3S. The third kappa shape index (κ3) is 3.89. The number of nitrogens with two attached hydrogens (primary N) is 1. The molecule has 7 heteroatoms. The number of aryl methyl sites for hydroxylation is 2. The summed E-state index contributed by atoms with van der Waals surface area (Å²) in [5, 5.41) is 0.240. The van der Waals surface area contributed by atoms with Crippen molar-refractivity contribution < 1.29 is 13.2 Å². The minimum absolute atomic E-state index is 0.0166. The summed E-state index contributed by atoms with van der Waals surface area (Å²) in [6.07, 6.45) is -4.44. The number of hydrazine groups is 1. The lowest BCUT2D eigenvalue weighted by Gasteiger charge is -2.12. The maximum absolute atomic E-state index is 12.8. The van der Waals surface area contributed by atoms with Gasteiger partial charge in [-0.15, -0.1) is 0 Å². The highest BCUT2D eigenvalue weighted by Crippen LogP contribution is 2.36. The summed E-state index contributed by atoms with van der Waals surface area (Å²) >= 11 is 1.18. The minimum Gasteiger partial charge on any atom is -0.308 e. The lowest BCUT2D eigenvalue weighted by atomic mass is 10.2. The van der Waals surface area contributed by atoms with Crippen molar-refractivity contribution in [1.29, 1.82) is 0 Å². The number of nitrogen functional groups attached to an aromatic ring is 1. The molecule has 0 aliphatic heterocycles. The monoisotopic (exact) mass is 313 g/mol. The Labute approximate surface area is 124 Å². The molecule has 2 aromatic rings. The van der Waals surface area contributed by atoms with Crippen LogP contribution in [0.1, 0.15) is 16.7 Å². The summed E-state index contributed by atoms with van der Waals surface area (Å²) in [4.78, 5) is 4.91. The third-order valence-corrected chi connectivity index (χ3v) is 3.92. The van der Waals surface area contributed by atoms with E-state index in [2.05, 4.69) is 10.4 Å². The number of nitrogens with one attached hydrogen (secondary N) is 1. The molecule has 1 heterocycles. The molecule has 0 radical (unpaired) electrons. The van der Waals surface area contributed by atoms with E-state index in [1.807, 2.05) is 32.0 Å². The van der Waals surface area contributed by atoms with E-state index < -0.39 is 11.7 Å². The van der Waals surface area contributed by atoms with Gasteiger partial charge >= 0.3 is 6.18 Å².